The summed E-state index contributed by atoms with van der Waals surface area (Å²) < 4.78 is 35.0. The van der Waals surface area contributed by atoms with Gasteiger partial charge in [0, 0.05) is 0 Å². The Hall–Kier alpha value is -1.81. The number of rotatable bonds is 17. The number of hydrogen-bond acceptors (Lipinski definition) is 38. The Bertz CT molecular complexity index is 1470. The highest BCUT2D eigenvalue weighted by molar-refractivity contribution is 5.56. The largest absolute Gasteiger partial charge is 0.394 e. The third-order valence-electron chi connectivity index (χ3n) is 12.0. The lowest BCUT2D eigenvalue weighted by atomic mass is 9.97. The predicted molar refractivity (Wildman–Crippen MR) is 237 cm³/mol. The highest BCUT2D eigenvalue weighted by Crippen LogP contribution is 2.30. The van der Waals surface area contributed by atoms with Crippen LogP contribution in [-0.4, -0.2) is 402 Å². The Morgan fingerprint density at radius 1 is 0.372 bits per heavy atom. The van der Waals surface area contributed by atoms with Gasteiger partial charge in [-0.3, -0.25) is 0 Å². The van der Waals surface area contributed by atoms with Crippen molar-refractivity contribution in [1.29, 1.82) is 0 Å². The van der Waals surface area contributed by atoms with Gasteiger partial charge >= 0.3 is 0 Å². The van der Waals surface area contributed by atoms with Gasteiger partial charge in [0.2, 0.25) is 0 Å². The predicted octanol–water partition coefficient (Wildman–Crippen LogP) is -19.7. The molecule has 0 spiro atoms. The molecule has 5 rings (SSSR count). The SMILES string of the molecule is O=C[C@H](O)[C@@H](O)[C@H](O)[C@H](O)CO.OC1OC[C@@H](O)[C@H](O)[C@H]1O.OC[C@@H](O)C(O)[C@@H](O)CO.OC[C@H]1O[C@@H](O[C@H]2[C@H](O)[C@@H](O)[C@H](O)O[C@@H]2CO)[C@H](O)[C@@H](O)[C@@H]1O.OC[C@H]1O[C@@H](O[C@H]2[C@H](O)[C@@H](O)[C@H](O)O[C@@H]2CO)[C@H](O)[C@@H](O)[C@H]1O. The molecule has 0 bridgehead atoms. The van der Waals surface area contributed by atoms with Crippen molar-refractivity contribution in [2.75, 3.05) is 52.9 Å². The van der Waals surface area contributed by atoms with Crippen molar-refractivity contribution in [3.8, 4) is 0 Å². The molecule has 38 heteroatoms. The number of carbonyl (C=O) groups is 1. The average molecular weight is 1170 g/mol. The second kappa shape index (κ2) is 36.0. The number of aliphatic hydroxyl groups is 30. The lowest BCUT2D eigenvalue weighted by molar-refractivity contribution is -0.355. The molecule has 0 radical (unpaired) electrons. The van der Waals surface area contributed by atoms with Crippen LogP contribution >= 0.6 is 0 Å². The summed E-state index contributed by atoms with van der Waals surface area (Å²) in [6, 6.07) is 0. The van der Waals surface area contributed by atoms with E-state index in [-0.39, 0.29) is 12.9 Å². The van der Waals surface area contributed by atoms with Gasteiger partial charge in [-0.25, -0.2) is 0 Å². The van der Waals surface area contributed by atoms with Crippen LogP contribution in [0.15, 0.2) is 0 Å². The molecular formula is C40H78O38. The Morgan fingerprint density at radius 2 is 0.705 bits per heavy atom. The van der Waals surface area contributed by atoms with E-state index >= 15 is 0 Å². The Kier molecular flexibility index (Phi) is 34.3. The molecule has 5 saturated heterocycles. The van der Waals surface area contributed by atoms with Crippen molar-refractivity contribution in [2.24, 2.45) is 0 Å². The van der Waals surface area contributed by atoms with Crippen LogP contribution < -0.4 is 0 Å². The van der Waals surface area contributed by atoms with Gasteiger partial charge in [0.25, 0.3) is 0 Å². The van der Waals surface area contributed by atoms with Crippen LogP contribution in [0, 0.1) is 0 Å². The van der Waals surface area contributed by atoms with Crippen LogP contribution in [0.25, 0.3) is 0 Å². The van der Waals surface area contributed by atoms with Crippen LogP contribution in [0.3, 0.4) is 0 Å². The minimum atomic E-state index is -1.79. The molecule has 5 aliphatic rings. The molecule has 0 saturated carbocycles. The number of aliphatic hydroxyl groups excluding tert-OH is 30. The zero-order chi connectivity index (χ0) is 60.2. The summed E-state index contributed by atoms with van der Waals surface area (Å²) >= 11 is 0. The van der Waals surface area contributed by atoms with E-state index in [1.165, 1.54) is 0 Å². The van der Waals surface area contributed by atoms with Gasteiger partial charge in [-0.1, -0.05) is 0 Å². The van der Waals surface area contributed by atoms with E-state index in [9.17, 15) is 76.3 Å². The maximum absolute atomic E-state index is 9.94. The van der Waals surface area contributed by atoms with Crippen molar-refractivity contribution in [1.82, 2.24) is 0 Å². The number of carbonyl (C=O) groups excluding carboxylic acids is 1. The van der Waals surface area contributed by atoms with Gasteiger partial charge in [-0.2, -0.15) is 0 Å². The molecule has 5 fully saturated rings. The molecular weight excluding hydrogens is 1090 g/mol. The summed E-state index contributed by atoms with van der Waals surface area (Å²) in [4.78, 5) is 9.90. The summed E-state index contributed by atoms with van der Waals surface area (Å²) in [5, 5.41) is 274. The van der Waals surface area contributed by atoms with Gasteiger partial charge < -0.3 is 191 Å². The van der Waals surface area contributed by atoms with Crippen LogP contribution in [0.4, 0.5) is 0 Å². The van der Waals surface area contributed by atoms with E-state index < -0.39 is 236 Å². The van der Waals surface area contributed by atoms with E-state index in [1.807, 2.05) is 0 Å². The van der Waals surface area contributed by atoms with Crippen molar-refractivity contribution in [2.45, 2.75) is 190 Å². The summed E-state index contributed by atoms with van der Waals surface area (Å²) in [5.41, 5.74) is 0. The van der Waals surface area contributed by atoms with Crippen LogP contribution in [0.1, 0.15) is 0 Å². The molecule has 0 aromatic rings. The Balaban J connectivity index is 0.000000514. The second-order valence-corrected chi connectivity index (χ2v) is 17.7. The molecule has 0 aliphatic carbocycles. The van der Waals surface area contributed by atoms with Crippen molar-refractivity contribution in [3.63, 3.8) is 0 Å². The van der Waals surface area contributed by atoms with Crippen molar-refractivity contribution in [3.05, 3.63) is 0 Å². The summed E-state index contributed by atoms with van der Waals surface area (Å²) in [6.45, 7) is -4.88. The quantitative estimate of drug-likeness (QED) is 0.0601. The number of ether oxygens (including phenoxy) is 7. The molecule has 30 N–H and O–H groups in total. The maximum atomic E-state index is 9.94. The van der Waals surface area contributed by atoms with E-state index in [2.05, 4.69) is 4.74 Å². The molecule has 2 unspecified atom stereocenters. The van der Waals surface area contributed by atoms with E-state index in [4.69, 9.17) is 110 Å². The fraction of sp³-hybridized carbons (Fsp3) is 0.975. The molecule has 31 atom stereocenters. The first kappa shape index (κ1) is 74.2. The summed E-state index contributed by atoms with van der Waals surface area (Å²) in [5.74, 6) is 0. The van der Waals surface area contributed by atoms with Gasteiger partial charge in [0.1, 0.15) is 159 Å². The monoisotopic (exact) mass is 1170 g/mol. The lowest BCUT2D eigenvalue weighted by Crippen LogP contribution is -2.64. The number of hydrogen-bond donors (Lipinski definition) is 30. The van der Waals surface area contributed by atoms with Crippen LogP contribution in [-0.2, 0) is 38.0 Å². The normalized spacial score (nSPS) is 42.6. The highest BCUT2D eigenvalue weighted by atomic mass is 16.7. The van der Waals surface area contributed by atoms with E-state index in [0.29, 0.717) is 0 Å². The average Bonchev–Trinajstić information content (AvgIpc) is 3.44. The second-order valence-electron chi connectivity index (χ2n) is 17.7. The molecule has 0 aromatic carbocycles. The zero-order valence-electron chi connectivity index (χ0n) is 40.8. The standard InChI is InChI=1S/2C12H22O11.C6H12O6.C5H10O5.C5H12O5/c2*13-1-3-5(15)6(16)9(19)12(22-3)23-10-4(2-14)21-11(20)8(18)7(10)17;7-1-3(9)5(11)6(12)4(10)2-8;6-2-1-10-5(9)4(8)3(2)7;6-1-3(8)5(10)4(9)2-7/h2*3-20H,1-2H2;1,3-6,8-12H,2H2;2-9H,1H2;3-10H,1-2H2/t3-,4-,5+,6+,7-,8-,9-,10-,11-,12+;3-,4-,5-,6+,7-,8-,9-,10-,11-,12+;3-,4+,5+,6+;2-,3+,4-,5?;3-,4+,5?/m1101./s1. The van der Waals surface area contributed by atoms with Crippen LogP contribution in [0.5, 0.6) is 0 Å². The zero-order valence-corrected chi connectivity index (χ0v) is 40.8. The van der Waals surface area contributed by atoms with Gasteiger partial charge in [0.05, 0.1) is 52.9 Å². The maximum Gasteiger partial charge on any atom is 0.187 e. The molecule has 5 heterocycles. The summed E-state index contributed by atoms with van der Waals surface area (Å²) in [7, 11) is 0. The first-order valence-corrected chi connectivity index (χ1v) is 23.3. The first-order chi connectivity index (χ1) is 36.4. The molecule has 78 heavy (non-hydrogen) atoms. The smallest absolute Gasteiger partial charge is 0.187 e. The third kappa shape index (κ3) is 20.5. The first-order valence-electron chi connectivity index (χ1n) is 23.3. The van der Waals surface area contributed by atoms with Crippen molar-refractivity contribution < 1.29 is 191 Å². The van der Waals surface area contributed by atoms with Crippen molar-refractivity contribution >= 4 is 6.29 Å². The Labute approximate surface area is 440 Å². The molecule has 0 amide bonds. The van der Waals surface area contributed by atoms with Gasteiger partial charge in [-0.15, -0.1) is 0 Å². The third-order valence-corrected chi connectivity index (χ3v) is 12.0. The van der Waals surface area contributed by atoms with E-state index in [1.54, 1.807) is 0 Å². The van der Waals surface area contributed by atoms with Gasteiger partial charge in [-0.05, 0) is 0 Å². The molecule has 0 aromatic heterocycles. The highest BCUT2D eigenvalue weighted by Gasteiger charge is 2.52. The topological polar surface area (TPSA) is 689 Å². The molecule has 466 valence electrons. The minimum absolute atomic E-state index is 0.0258. The van der Waals surface area contributed by atoms with Crippen LogP contribution in [0.2, 0.25) is 0 Å². The Morgan fingerprint density at radius 3 is 1.01 bits per heavy atom. The van der Waals surface area contributed by atoms with E-state index in [0.717, 1.165) is 0 Å². The fourth-order valence-electron chi connectivity index (χ4n) is 7.02. The fourth-order valence-corrected chi connectivity index (χ4v) is 7.02. The lowest BCUT2D eigenvalue weighted by Gasteiger charge is -2.45. The molecule has 38 nitrogen and oxygen atoms in total. The summed E-state index contributed by atoms with van der Waals surface area (Å²) in [6.07, 6.45) is -47.5. The minimum Gasteiger partial charge on any atom is -0.394 e. The number of aldehydes is 1. The van der Waals surface area contributed by atoms with Gasteiger partial charge in [0.15, 0.2) is 37.7 Å². The molecule has 5 aliphatic heterocycles.